The molecule has 8 nitrogen and oxygen atoms in total. The number of amides is 1. The van der Waals surface area contributed by atoms with E-state index in [-0.39, 0.29) is 23.7 Å². The van der Waals surface area contributed by atoms with Gasteiger partial charge in [0.1, 0.15) is 6.04 Å². The van der Waals surface area contributed by atoms with Crippen molar-refractivity contribution >= 4 is 45.1 Å². The molecule has 2 aromatic heterocycles. The predicted molar refractivity (Wildman–Crippen MR) is 145 cm³/mol. The molecule has 1 aromatic carbocycles. The Kier molecular flexibility index (Phi) is 8.51. The highest BCUT2D eigenvalue weighted by Crippen LogP contribution is 2.29. The minimum absolute atomic E-state index is 0.0937. The molecule has 4 rings (SSSR count). The van der Waals surface area contributed by atoms with E-state index in [4.69, 9.17) is 4.74 Å². The predicted octanol–water partition coefficient (Wildman–Crippen LogP) is 4.29. The van der Waals surface area contributed by atoms with Crippen LogP contribution in [0.4, 0.5) is 0 Å². The van der Waals surface area contributed by atoms with Crippen molar-refractivity contribution in [3.8, 4) is 11.4 Å². The van der Waals surface area contributed by atoms with Crippen molar-refractivity contribution < 1.29 is 19.1 Å². The number of hydrogen-bond donors (Lipinski definition) is 2. The Balaban J connectivity index is 1.51. The maximum absolute atomic E-state index is 13.1. The maximum Gasteiger partial charge on any atom is 0.336 e. The topological polar surface area (TPSA) is 110 Å². The van der Waals surface area contributed by atoms with Crippen molar-refractivity contribution in [1.82, 2.24) is 20.6 Å². The van der Waals surface area contributed by atoms with E-state index in [0.717, 1.165) is 20.5 Å². The fourth-order valence-electron chi connectivity index (χ4n) is 3.88. The number of esters is 2. The highest BCUT2D eigenvalue weighted by atomic mass is 79.9. The van der Waals surface area contributed by atoms with Gasteiger partial charge in [-0.3, -0.25) is 9.59 Å². The van der Waals surface area contributed by atoms with E-state index in [1.54, 1.807) is 18.5 Å². The van der Waals surface area contributed by atoms with Gasteiger partial charge >= 0.3 is 11.9 Å². The molecule has 1 aliphatic heterocycles. The molecule has 1 amide bonds. The third-order valence-corrected chi connectivity index (χ3v) is 7.95. The van der Waals surface area contributed by atoms with Gasteiger partial charge in [-0.1, -0.05) is 45.0 Å². The number of halogens is 1. The highest BCUT2D eigenvalue weighted by molar-refractivity contribution is 9.10. The zero-order valence-electron chi connectivity index (χ0n) is 20.9. The average molecular weight is 586 g/mol. The summed E-state index contributed by atoms with van der Waals surface area (Å²) in [6.45, 7) is 7.41. The lowest BCUT2D eigenvalue weighted by atomic mass is 9.95. The standard InChI is InChI=1S/C27H29BrN4O4S/c1-27(2,3)22-9-8-21(37-22)24(33)32-20(26(35)36-25(34)18-10-11-29-13-18)12-16-4-6-17(7-5-16)23-30-14-19(28)15-31-23/h4-9,14-15,18,20,29H,10-13H2,1-3H3,(H,32,33)/t18?,20-/m0/s1. The lowest BCUT2D eigenvalue weighted by molar-refractivity contribution is -0.163. The zero-order chi connectivity index (χ0) is 26.6. The Morgan fingerprint density at radius 1 is 1.14 bits per heavy atom. The maximum atomic E-state index is 13.1. The van der Waals surface area contributed by atoms with Crippen LogP contribution in [0.5, 0.6) is 0 Å². The number of hydrogen-bond acceptors (Lipinski definition) is 8. The molecule has 2 atom stereocenters. The smallest absolute Gasteiger partial charge is 0.336 e. The first-order valence-corrected chi connectivity index (χ1v) is 13.7. The van der Waals surface area contributed by atoms with Crippen LogP contribution in [-0.4, -0.2) is 46.9 Å². The molecule has 0 radical (unpaired) electrons. The summed E-state index contributed by atoms with van der Waals surface area (Å²) in [5.74, 6) is -1.50. The van der Waals surface area contributed by atoms with Crippen molar-refractivity contribution in [2.45, 2.75) is 45.1 Å². The summed E-state index contributed by atoms with van der Waals surface area (Å²) in [6, 6.07) is 10.1. The minimum atomic E-state index is -1.03. The third kappa shape index (κ3) is 7.09. The first-order chi connectivity index (χ1) is 17.6. The van der Waals surface area contributed by atoms with Crippen LogP contribution in [0.3, 0.4) is 0 Å². The molecule has 3 heterocycles. The molecule has 0 bridgehead atoms. The summed E-state index contributed by atoms with van der Waals surface area (Å²) in [4.78, 5) is 48.8. The molecule has 37 heavy (non-hydrogen) atoms. The van der Waals surface area contributed by atoms with Crippen molar-refractivity contribution in [3.63, 3.8) is 0 Å². The number of benzene rings is 1. The Bertz CT molecular complexity index is 1260. The number of aromatic nitrogens is 2. The highest BCUT2D eigenvalue weighted by Gasteiger charge is 2.31. The van der Waals surface area contributed by atoms with Gasteiger partial charge in [0.15, 0.2) is 5.82 Å². The number of nitrogens with one attached hydrogen (secondary N) is 2. The van der Waals surface area contributed by atoms with Gasteiger partial charge in [0, 0.05) is 35.8 Å². The molecule has 1 fully saturated rings. The van der Waals surface area contributed by atoms with Gasteiger partial charge in [-0.25, -0.2) is 14.8 Å². The molecule has 0 spiro atoms. The van der Waals surface area contributed by atoms with Crippen molar-refractivity contribution in [1.29, 1.82) is 0 Å². The van der Waals surface area contributed by atoms with Crippen molar-refractivity contribution in [3.05, 3.63) is 68.6 Å². The number of thiophene rings is 1. The monoisotopic (exact) mass is 584 g/mol. The summed E-state index contributed by atoms with van der Waals surface area (Å²) < 4.78 is 6.00. The number of ether oxygens (including phenoxy) is 1. The van der Waals surface area contributed by atoms with E-state index in [1.807, 2.05) is 30.3 Å². The normalized spacial score (nSPS) is 16.3. The van der Waals surface area contributed by atoms with Crippen LogP contribution in [0, 0.1) is 5.92 Å². The number of nitrogens with zero attached hydrogens (tertiary/aromatic N) is 2. The number of rotatable bonds is 7. The second kappa shape index (κ2) is 11.6. The van der Waals surface area contributed by atoms with Crippen molar-refractivity contribution in [2.24, 2.45) is 5.92 Å². The first-order valence-electron chi connectivity index (χ1n) is 12.0. The number of carbonyl (C=O) groups excluding carboxylic acids is 3. The number of carbonyl (C=O) groups is 3. The van der Waals surface area contributed by atoms with Gasteiger partial charge in [0.05, 0.1) is 15.3 Å². The summed E-state index contributed by atoms with van der Waals surface area (Å²) >= 11 is 4.71. The van der Waals surface area contributed by atoms with E-state index in [2.05, 4.69) is 57.3 Å². The summed E-state index contributed by atoms with van der Waals surface area (Å²) in [6.07, 6.45) is 4.13. The Morgan fingerprint density at radius 3 is 2.43 bits per heavy atom. The molecule has 2 N–H and O–H groups in total. The Labute approximate surface area is 228 Å². The van der Waals surface area contributed by atoms with E-state index >= 15 is 0 Å². The van der Waals surface area contributed by atoms with Gasteiger partial charge in [-0.05, 0) is 52.0 Å². The Morgan fingerprint density at radius 2 is 1.84 bits per heavy atom. The first kappa shape index (κ1) is 27.1. The van der Waals surface area contributed by atoms with Crippen LogP contribution >= 0.6 is 27.3 Å². The molecule has 0 saturated carbocycles. The van der Waals surface area contributed by atoms with Gasteiger partial charge in [-0.2, -0.15) is 0 Å². The molecular formula is C27H29BrN4O4S. The second-order valence-corrected chi connectivity index (χ2v) is 12.0. The average Bonchev–Trinajstić information content (AvgIpc) is 3.57. The largest absolute Gasteiger partial charge is 0.391 e. The van der Waals surface area contributed by atoms with Crippen molar-refractivity contribution in [2.75, 3.05) is 13.1 Å². The quantitative estimate of drug-likeness (QED) is 0.315. The fraction of sp³-hybridized carbons (Fsp3) is 0.370. The molecular weight excluding hydrogens is 556 g/mol. The SMILES string of the molecule is CC(C)(C)c1ccc(C(=O)N[C@@H](Cc2ccc(-c3ncc(Br)cn3)cc2)C(=O)OC(=O)C2CCNC2)s1. The molecule has 0 aliphatic carbocycles. The van der Waals surface area contributed by atoms with Crippen LogP contribution in [0.1, 0.15) is 47.3 Å². The summed E-state index contributed by atoms with van der Waals surface area (Å²) in [7, 11) is 0. The van der Waals surface area contributed by atoms with Crippen LogP contribution in [0.25, 0.3) is 11.4 Å². The minimum Gasteiger partial charge on any atom is -0.391 e. The van der Waals surface area contributed by atoms with Gasteiger partial charge in [-0.15, -0.1) is 11.3 Å². The van der Waals surface area contributed by atoms with E-state index in [0.29, 0.717) is 30.2 Å². The van der Waals surface area contributed by atoms with E-state index < -0.39 is 18.0 Å². The van der Waals surface area contributed by atoms with Gasteiger partial charge < -0.3 is 15.4 Å². The van der Waals surface area contributed by atoms with Gasteiger partial charge in [0.25, 0.3) is 5.91 Å². The van der Waals surface area contributed by atoms with Crippen LogP contribution in [-0.2, 0) is 26.2 Å². The van der Waals surface area contributed by atoms with Gasteiger partial charge in [0.2, 0.25) is 0 Å². The lowest BCUT2D eigenvalue weighted by Crippen LogP contribution is -2.44. The second-order valence-electron chi connectivity index (χ2n) is 10.00. The summed E-state index contributed by atoms with van der Waals surface area (Å²) in [5, 5.41) is 5.89. The summed E-state index contributed by atoms with van der Waals surface area (Å²) in [5.41, 5.74) is 1.51. The lowest BCUT2D eigenvalue weighted by Gasteiger charge is -2.18. The molecule has 1 unspecified atom stereocenters. The van der Waals surface area contributed by atoms with E-state index in [1.165, 1.54) is 11.3 Å². The molecule has 10 heteroatoms. The molecule has 1 saturated heterocycles. The Hall–Kier alpha value is -2.95. The van der Waals surface area contributed by atoms with Crippen LogP contribution in [0.15, 0.2) is 53.3 Å². The molecule has 194 valence electrons. The third-order valence-electron chi connectivity index (χ3n) is 6.03. The van der Waals surface area contributed by atoms with Crippen LogP contribution < -0.4 is 10.6 Å². The molecule has 3 aromatic rings. The van der Waals surface area contributed by atoms with Crippen LogP contribution in [0.2, 0.25) is 0 Å². The fourth-order valence-corrected chi connectivity index (χ4v) is 5.05. The molecule has 1 aliphatic rings. The van der Waals surface area contributed by atoms with E-state index in [9.17, 15) is 14.4 Å². The zero-order valence-corrected chi connectivity index (χ0v) is 23.3.